The van der Waals surface area contributed by atoms with Gasteiger partial charge in [-0.3, -0.25) is 0 Å². The largest absolute Gasteiger partial charge is 0.314 e. The second-order valence-corrected chi connectivity index (χ2v) is 4.78. The van der Waals surface area contributed by atoms with Gasteiger partial charge in [0.05, 0.1) is 0 Å². The van der Waals surface area contributed by atoms with Crippen LogP contribution in [0, 0.1) is 5.92 Å². The third-order valence-electron chi connectivity index (χ3n) is 3.71. The Labute approximate surface area is 89.7 Å². The molecule has 0 saturated heterocycles. The summed E-state index contributed by atoms with van der Waals surface area (Å²) in [7, 11) is 0. The second kappa shape index (κ2) is 7.28. The summed E-state index contributed by atoms with van der Waals surface area (Å²) < 4.78 is 0. The molecule has 0 heterocycles. The fraction of sp³-hybridized carbons (Fsp3) is 1.00. The first kappa shape index (κ1) is 12.0. The highest BCUT2D eigenvalue weighted by molar-refractivity contribution is 4.72. The molecule has 0 radical (unpaired) electrons. The Balaban J connectivity index is 2.14. The van der Waals surface area contributed by atoms with Crippen LogP contribution in [0.4, 0.5) is 0 Å². The van der Waals surface area contributed by atoms with Gasteiger partial charge in [0.1, 0.15) is 0 Å². The van der Waals surface area contributed by atoms with Crippen molar-refractivity contribution in [1.29, 1.82) is 0 Å². The molecule has 0 atom stereocenters. The van der Waals surface area contributed by atoms with Crippen molar-refractivity contribution in [1.82, 2.24) is 5.32 Å². The van der Waals surface area contributed by atoms with E-state index in [9.17, 15) is 0 Å². The molecule has 1 aliphatic carbocycles. The van der Waals surface area contributed by atoms with E-state index < -0.39 is 0 Å². The van der Waals surface area contributed by atoms with Gasteiger partial charge in [0.25, 0.3) is 0 Å². The van der Waals surface area contributed by atoms with Crippen molar-refractivity contribution in [3.8, 4) is 0 Å². The summed E-state index contributed by atoms with van der Waals surface area (Å²) in [5.74, 6) is 0.901. The fourth-order valence-corrected chi connectivity index (χ4v) is 2.39. The maximum atomic E-state index is 3.76. The van der Waals surface area contributed by atoms with Crippen LogP contribution in [0.2, 0.25) is 0 Å². The SMILES string of the molecule is CCC(CC)CNC1CCCCCC1. The third kappa shape index (κ3) is 4.45. The number of rotatable bonds is 5. The van der Waals surface area contributed by atoms with Crippen LogP contribution in [0.15, 0.2) is 0 Å². The van der Waals surface area contributed by atoms with E-state index >= 15 is 0 Å². The topological polar surface area (TPSA) is 12.0 Å². The van der Waals surface area contributed by atoms with Crippen LogP contribution in [-0.2, 0) is 0 Å². The Bertz CT molecular complexity index is 121. The van der Waals surface area contributed by atoms with Gasteiger partial charge in [-0.2, -0.15) is 0 Å². The smallest absolute Gasteiger partial charge is 0.00671 e. The zero-order chi connectivity index (χ0) is 10.2. The predicted octanol–water partition coefficient (Wildman–Crippen LogP) is 3.74. The van der Waals surface area contributed by atoms with Crippen LogP contribution in [0.5, 0.6) is 0 Å². The minimum atomic E-state index is 0.832. The Kier molecular flexibility index (Phi) is 6.25. The molecule has 0 aliphatic heterocycles. The maximum absolute atomic E-state index is 3.76. The summed E-state index contributed by atoms with van der Waals surface area (Å²) in [6.45, 7) is 5.86. The van der Waals surface area contributed by atoms with Gasteiger partial charge in [-0.1, -0.05) is 52.4 Å². The van der Waals surface area contributed by atoms with E-state index in [2.05, 4.69) is 19.2 Å². The van der Waals surface area contributed by atoms with Gasteiger partial charge in [-0.15, -0.1) is 0 Å². The van der Waals surface area contributed by atoms with Crippen LogP contribution in [0.25, 0.3) is 0 Å². The number of hydrogen-bond donors (Lipinski definition) is 1. The molecular formula is C13H27N. The van der Waals surface area contributed by atoms with Crippen LogP contribution >= 0.6 is 0 Å². The van der Waals surface area contributed by atoms with E-state index in [-0.39, 0.29) is 0 Å². The molecule has 1 N–H and O–H groups in total. The highest BCUT2D eigenvalue weighted by Gasteiger charge is 2.12. The third-order valence-corrected chi connectivity index (χ3v) is 3.71. The molecule has 14 heavy (non-hydrogen) atoms. The molecule has 0 aromatic carbocycles. The standard InChI is InChI=1S/C13H27N/c1-3-12(4-2)11-14-13-9-7-5-6-8-10-13/h12-14H,3-11H2,1-2H3. The lowest BCUT2D eigenvalue weighted by Crippen LogP contribution is -2.32. The molecule has 84 valence electrons. The Morgan fingerprint density at radius 3 is 2.07 bits per heavy atom. The molecule has 0 aromatic rings. The minimum absolute atomic E-state index is 0.832. The molecule has 0 bridgehead atoms. The molecule has 0 unspecified atom stereocenters. The van der Waals surface area contributed by atoms with Crippen LogP contribution < -0.4 is 5.32 Å². The van der Waals surface area contributed by atoms with Crippen molar-refractivity contribution in [3.05, 3.63) is 0 Å². The van der Waals surface area contributed by atoms with E-state index in [0.29, 0.717) is 0 Å². The first-order chi connectivity index (χ1) is 6.86. The second-order valence-electron chi connectivity index (χ2n) is 4.78. The van der Waals surface area contributed by atoms with Gasteiger partial charge in [0.2, 0.25) is 0 Å². The van der Waals surface area contributed by atoms with E-state index in [0.717, 1.165) is 12.0 Å². The molecule has 1 nitrogen and oxygen atoms in total. The Morgan fingerprint density at radius 1 is 1.00 bits per heavy atom. The van der Waals surface area contributed by atoms with Crippen molar-refractivity contribution in [3.63, 3.8) is 0 Å². The predicted molar refractivity (Wildman–Crippen MR) is 63.6 cm³/mol. The molecular weight excluding hydrogens is 170 g/mol. The monoisotopic (exact) mass is 197 g/mol. The first-order valence-electron chi connectivity index (χ1n) is 6.60. The number of nitrogens with one attached hydrogen (secondary N) is 1. The average molecular weight is 197 g/mol. The Hall–Kier alpha value is -0.0400. The van der Waals surface area contributed by atoms with Gasteiger partial charge < -0.3 is 5.32 Å². The van der Waals surface area contributed by atoms with Gasteiger partial charge in [-0.25, -0.2) is 0 Å². The Morgan fingerprint density at radius 2 is 1.57 bits per heavy atom. The highest BCUT2D eigenvalue weighted by atomic mass is 14.9. The summed E-state index contributed by atoms with van der Waals surface area (Å²) in [6, 6.07) is 0.832. The average Bonchev–Trinajstić information content (AvgIpc) is 2.48. The minimum Gasteiger partial charge on any atom is -0.314 e. The van der Waals surface area contributed by atoms with Crippen LogP contribution in [0.3, 0.4) is 0 Å². The molecule has 1 rings (SSSR count). The maximum Gasteiger partial charge on any atom is 0.00671 e. The molecule has 1 aliphatic rings. The molecule has 1 saturated carbocycles. The first-order valence-corrected chi connectivity index (χ1v) is 6.60. The normalized spacial score (nSPS) is 19.9. The van der Waals surface area contributed by atoms with Crippen molar-refractivity contribution >= 4 is 0 Å². The van der Waals surface area contributed by atoms with E-state index in [1.54, 1.807) is 0 Å². The van der Waals surface area contributed by atoms with E-state index in [1.165, 1.54) is 57.9 Å². The van der Waals surface area contributed by atoms with Gasteiger partial charge >= 0.3 is 0 Å². The molecule has 0 aromatic heterocycles. The quantitative estimate of drug-likeness (QED) is 0.662. The molecule has 0 amide bonds. The van der Waals surface area contributed by atoms with E-state index in [4.69, 9.17) is 0 Å². The summed E-state index contributed by atoms with van der Waals surface area (Å²) in [5, 5.41) is 3.76. The van der Waals surface area contributed by atoms with Gasteiger partial charge in [0.15, 0.2) is 0 Å². The number of hydrogen-bond acceptors (Lipinski definition) is 1. The van der Waals surface area contributed by atoms with Crippen molar-refractivity contribution in [2.24, 2.45) is 5.92 Å². The van der Waals surface area contributed by atoms with Gasteiger partial charge in [-0.05, 0) is 25.3 Å². The fourth-order valence-electron chi connectivity index (χ4n) is 2.39. The molecule has 1 fully saturated rings. The highest BCUT2D eigenvalue weighted by Crippen LogP contribution is 2.17. The molecule has 1 heteroatoms. The molecule has 0 spiro atoms. The summed E-state index contributed by atoms with van der Waals surface area (Å²) in [4.78, 5) is 0. The summed E-state index contributed by atoms with van der Waals surface area (Å²) in [6.07, 6.45) is 11.3. The zero-order valence-electron chi connectivity index (χ0n) is 10.0. The van der Waals surface area contributed by atoms with E-state index in [1.807, 2.05) is 0 Å². The van der Waals surface area contributed by atoms with Crippen molar-refractivity contribution in [2.45, 2.75) is 71.3 Å². The van der Waals surface area contributed by atoms with Crippen molar-refractivity contribution < 1.29 is 0 Å². The van der Waals surface area contributed by atoms with Crippen molar-refractivity contribution in [2.75, 3.05) is 6.54 Å². The summed E-state index contributed by atoms with van der Waals surface area (Å²) >= 11 is 0. The zero-order valence-corrected chi connectivity index (χ0v) is 10.0. The lowest BCUT2D eigenvalue weighted by atomic mass is 10.0. The van der Waals surface area contributed by atoms with Crippen LogP contribution in [-0.4, -0.2) is 12.6 Å². The lowest BCUT2D eigenvalue weighted by Gasteiger charge is -2.20. The van der Waals surface area contributed by atoms with Gasteiger partial charge in [0, 0.05) is 6.04 Å². The lowest BCUT2D eigenvalue weighted by molar-refractivity contribution is 0.385. The summed E-state index contributed by atoms with van der Waals surface area (Å²) in [5.41, 5.74) is 0. The van der Waals surface area contributed by atoms with Crippen LogP contribution in [0.1, 0.15) is 65.2 Å².